The molecule has 2 aromatic rings. The molecule has 0 unspecified atom stereocenters. The Hall–Kier alpha value is -2.43. The fraction of sp³-hybridized carbons (Fsp3) is 0. The highest BCUT2D eigenvalue weighted by molar-refractivity contribution is 5.96. The lowest BCUT2D eigenvalue weighted by Gasteiger charge is -2.01. The number of carbonyl (C=O) groups is 2. The molecule has 80 valence electrons. The molecule has 5 nitrogen and oxygen atoms in total. The molecule has 2 rings (SSSR count). The summed E-state index contributed by atoms with van der Waals surface area (Å²) in [7, 11) is 0. The van der Waals surface area contributed by atoms with Crippen molar-refractivity contribution in [3.63, 3.8) is 0 Å². The zero-order valence-electron chi connectivity index (χ0n) is 8.08. The molecule has 0 saturated carbocycles. The maximum Gasteiger partial charge on any atom is 0.338 e. The minimum absolute atomic E-state index is 0.000509. The Bertz CT molecular complexity index is 544. The van der Waals surface area contributed by atoms with E-state index >= 15 is 0 Å². The van der Waals surface area contributed by atoms with E-state index in [0.29, 0.717) is 6.29 Å². The van der Waals surface area contributed by atoms with Gasteiger partial charge in [-0.2, -0.15) is 0 Å². The van der Waals surface area contributed by atoms with Gasteiger partial charge in [0.15, 0.2) is 12.0 Å². The third-order valence-corrected chi connectivity index (χ3v) is 2.08. The van der Waals surface area contributed by atoms with Crippen LogP contribution in [0.2, 0.25) is 0 Å². The van der Waals surface area contributed by atoms with Gasteiger partial charge < -0.3 is 9.52 Å². The van der Waals surface area contributed by atoms with Crippen LogP contribution >= 0.6 is 0 Å². The third kappa shape index (κ3) is 1.58. The number of aldehydes is 1. The van der Waals surface area contributed by atoms with Gasteiger partial charge in [0, 0.05) is 6.20 Å². The van der Waals surface area contributed by atoms with Gasteiger partial charge in [-0.05, 0) is 18.2 Å². The van der Waals surface area contributed by atoms with Crippen molar-refractivity contribution in [2.24, 2.45) is 0 Å². The smallest absolute Gasteiger partial charge is 0.338 e. The van der Waals surface area contributed by atoms with E-state index in [1.54, 1.807) is 0 Å². The summed E-state index contributed by atoms with van der Waals surface area (Å²) in [4.78, 5) is 25.6. The molecule has 0 amide bonds. The van der Waals surface area contributed by atoms with Gasteiger partial charge in [-0.3, -0.25) is 9.78 Å². The number of nitrogens with zero attached hydrogens (tertiary/aromatic N) is 1. The van der Waals surface area contributed by atoms with E-state index in [2.05, 4.69) is 4.98 Å². The number of aromatic carboxylic acids is 1. The highest BCUT2D eigenvalue weighted by atomic mass is 16.4. The number of rotatable bonds is 3. The van der Waals surface area contributed by atoms with Gasteiger partial charge in [0.25, 0.3) is 0 Å². The van der Waals surface area contributed by atoms with Crippen molar-refractivity contribution < 1.29 is 19.1 Å². The maximum atomic E-state index is 10.9. The summed E-state index contributed by atoms with van der Waals surface area (Å²) in [6.07, 6.45) is 3.36. The van der Waals surface area contributed by atoms with Crippen molar-refractivity contribution in [1.82, 2.24) is 4.98 Å². The summed E-state index contributed by atoms with van der Waals surface area (Å²) >= 11 is 0. The molecule has 0 aliphatic carbocycles. The van der Waals surface area contributed by atoms with Crippen LogP contribution < -0.4 is 0 Å². The van der Waals surface area contributed by atoms with Crippen molar-refractivity contribution in [3.8, 4) is 11.5 Å². The molecule has 1 N–H and O–H groups in total. The number of carboxylic acids is 1. The highest BCUT2D eigenvalue weighted by Gasteiger charge is 2.17. The first-order chi connectivity index (χ1) is 7.74. The van der Waals surface area contributed by atoms with Gasteiger partial charge in [0.1, 0.15) is 5.69 Å². The molecule has 5 heteroatoms. The van der Waals surface area contributed by atoms with Crippen molar-refractivity contribution in [1.29, 1.82) is 0 Å². The minimum Gasteiger partial charge on any atom is -0.478 e. The zero-order chi connectivity index (χ0) is 11.5. The van der Waals surface area contributed by atoms with E-state index < -0.39 is 5.97 Å². The van der Waals surface area contributed by atoms with E-state index in [-0.39, 0.29) is 22.6 Å². The predicted octanol–water partition coefficient (Wildman–Crippen LogP) is 1.85. The minimum atomic E-state index is -1.11. The second-order valence-electron chi connectivity index (χ2n) is 3.03. The summed E-state index contributed by atoms with van der Waals surface area (Å²) in [5.41, 5.74) is 0.434. The first kappa shape index (κ1) is 10.1. The normalized spacial score (nSPS) is 10.0. The molecule has 0 saturated heterocycles. The molecule has 2 aromatic heterocycles. The van der Waals surface area contributed by atoms with Crippen LogP contribution in [0.1, 0.15) is 20.7 Å². The lowest BCUT2D eigenvalue weighted by atomic mass is 10.1. The van der Waals surface area contributed by atoms with Crippen LogP contribution in [0, 0.1) is 0 Å². The van der Waals surface area contributed by atoms with Gasteiger partial charge in [0.2, 0.25) is 0 Å². The molecule has 0 spiro atoms. The molecular formula is C11H7NO4. The largest absolute Gasteiger partial charge is 0.478 e. The van der Waals surface area contributed by atoms with Crippen LogP contribution in [0.5, 0.6) is 0 Å². The van der Waals surface area contributed by atoms with Gasteiger partial charge in [-0.25, -0.2) is 4.79 Å². The Labute approximate surface area is 90.3 Å². The van der Waals surface area contributed by atoms with Crippen LogP contribution in [-0.4, -0.2) is 22.3 Å². The van der Waals surface area contributed by atoms with Crippen molar-refractivity contribution in [3.05, 3.63) is 41.8 Å². The molecule has 0 atom stereocenters. The zero-order valence-corrected chi connectivity index (χ0v) is 8.08. The monoisotopic (exact) mass is 217 g/mol. The van der Waals surface area contributed by atoms with Crippen LogP contribution in [0.3, 0.4) is 0 Å². The Kier molecular flexibility index (Phi) is 2.51. The van der Waals surface area contributed by atoms with Crippen molar-refractivity contribution in [2.45, 2.75) is 0 Å². The molecule has 0 fully saturated rings. The summed E-state index contributed by atoms with van der Waals surface area (Å²) in [5, 5.41) is 8.96. The van der Waals surface area contributed by atoms with E-state index in [1.165, 1.54) is 30.7 Å². The Balaban J connectivity index is 2.64. The van der Waals surface area contributed by atoms with E-state index in [1.807, 2.05) is 0 Å². The van der Waals surface area contributed by atoms with E-state index in [4.69, 9.17) is 9.52 Å². The first-order valence-electron chi connectivity index (χ1n) is 4.45. The highest BCUT2D eigenvalue weighted by Crippen LogP contribution is 2.24. The molecular weight excluding hydrogens is 210 g/mol. The molecule has 0 aromatic carbocycles. The molecule has 16 heavy (non-hydrogen) atoms. The number of hydrogen-bond acceptors (Lipinski definition) is 4. The number of pyridine rings is 1. The summed E-state index contributed by atoms with van der Waals surface area (Å²) in [6.45, 7) is 0. The van der Waals surface area contributed by atoms with E-state index in [0.717, 1.165) is 0 Å². The molecule has 0 radical (unpaired) electrons. The van der Waals surface area contributed by atoms with Gasteiger partial charge in [-0.15, -0.1) is 0 Å². The second kappa shape index (κ2) is 3.98. The summed E-state index contributed by atoms with van der Waals surface area (Å²) in [6, 6.07) is 4.38. The van der Waals surface area contributed by atoms with Gasteiger partial charge in [-0.1, -0.05) is 0 Å². The average molecular weight is 217 g/mol. The number of aromatic nitrogens is 1. The topological polar surface area (TPSA) is 80.4 Å². The molecule has 0 aliphatic rings. The van der Waals surface area contributed by atoms with Crippen LogP contribution in [-0.2, 0) is 0 Å². The standard InChI is InChI=1S/C11H7NO4/c13-6-7-3-5-16-10(7)9-8(11(14)15)2-1-4-12-9/h1-6H,(H,14,15). The van der Waals surface area contributed by atoms with Gasteiger partial charge >= 0.3 is 5.97 Å². The molecule has 2 heterocycles. The number of furan rings is 1. The van der Waals surface area contributed by atoms with Crippen LogP contribution in [0.25, 0.3) is 11.5 Å². The van der Waals surface area contributed by atoms with Crippen molar-refractivity contribution in [2.75, 3.05) is 0 Å². The quantitative estimate of drug-likeness (QED) is 0.793. The predicted molar refractivity (Wildman–Crippen MR) is 54.3 cm³/mol. The summed E-state index contributed by atoms with van der Waals surface area (Å²) in [5.74, 6) is -0.940. The summed E-state index contributed by atoms with van der Waals surface area (Å²) < 4.78 is 5.08. The maximum absolute atomic E-state index is 10.9. The van der Waals surface area contributed by atoms with Gasteiger partial charge in [0.05, 0.1) is 17.4 Å². The molecule has 0 bridgehead atoms. The van der Waals surface area contributed by atoms with Crippen LogP contribution in [0.15, 0.2) is 35.1 Å². The van der Waals surface area contributed by atoms with E-state index in [9.17, 15) is 9.59 Å². The number of hydrogen-bond donors (Lipinski definition) is 1. The second-order valence-corrected chi connectivity index (χ2v) is 3.03. The lowest BCUT2D eigenvalue weighted by molar-refractivity contribution is 0.0697. The lowest BCUT2D eigenvalue weighted by Crippen LogP contribution is -2.01. The van der Waals surface area contributed by atoms with Crippen LogP contribution in [0.4, 0.5) is 0 Å². The fourth-order valence-electron chi connectivity index (χ4n) is 1.36. The SMILES string of the molecule is O=Cc1ccoc1-c1ncccc1C(=O)O. The average Bonchev–Trinajstić information content (AvgIpc) is 2.76. The van der Waals surface area contributed by atoms with Crippen molar-refractivity contribution >= 4 is 12.3 Å². The third-order valence-electron chi connectivity index (χ3n) is 2.08. The number of carbonyl (C=O) groups excluding carboxylic acids is 1. The fourth-order valence-corrected chi connectivity index (χ4v) is 1.36. The Morgan fingerprint density at radius 2 is 2.25 bits per heavy atom. The Morgan fingerprint density at radius 3 is 2.94 bits per heavy atom. The molecule has 0 aliphatic heterocycles. The Morgan fingerprint density at radius 1 is 1.44 bits per heavy atom. The number of carboxylic acid groups (broad SMARTS) is 1. The first-order valence-corrected chi connectivity index (χ1v) is 4.45.